The van der Waals surface area contributed by atoms with Gasteiger partial charge in [0.25, 0.3) is 0 Å². The first-order chi connectivity index (χ1) is 34.7. The summed E-state index contributed by atoms with van der Waals surface area (Å²) in [6.07, 6.45) is 0. The fourth-order valence-corrected chi connectivity index (χ4v) is 11.3. The smallest absolute Gasteiger partial charge is 0.237 e. The lowest BCUT2D eigenvalue weighted by Crippen LogP contribution is -2.07. The molecule has 15 aromatic rings. The summed E-state index contributed by atoms with van der Waals surface area (Å²) < 4.78 is 9.41. The van der Waals surface area contributed by atoms with Gasteiger partial charge in [0.15, 0.2) is 0 Å². The highest BCUT2D eigenvalue weighted by Crippen LogP contribution is 2.42. The molecule has 5 heterocycles. The molecule has 10 aromatic carbocycles. The quantitative estimate of drug-likeness (QED) is 0.167. The van der Waals surface area contributed by atoms with E-state index >= 15 is 0 Å². The van der Waals surface area contributed by atoms with Crippen LogP contribution in [0.5, 0.6) is 0 Å². The molecule has 0 amide bonds. The molecule has 6 nitrogen and oxygen atoms in total. The predicted molar refractivity (Wildman–Crippen MR) is 290 cm³/mol. The van der Waals surface area contributed by atoms with Crippen molar-refractivity contribution in [3.8, 4) is 45.5 Å². The zero-order valence-corrected chi connectivity index (χ0v) is 37.8. The number of nitrogens with zero attached hydrogens (tertiary/aromatic N) is 6. The molecule has 326 valence electrons. The van der Waals surface area contributed by atoms with Gasteiger partial charge in [-0.25, -0.2) is 4.98 Å². The van der Waals surface area contributed by atoms with Crippen molar-refractivity contribution in [2.75, 3.05) is 0 Å². The van der Waals surface area contributed by atoms with Crippen LogP contribution in [0, 0.1) is 0 Å². The molecule has 0 unspecified atom stereocenters. The Morgan fingerprint density at radius 3 is 1.07 bits per heavy atom. The fraction of sp³-hybridized carbons (Fsp3) is 0. The van der Waals surface area contributed by atoms with Crippen molar-refractivity contribution in [1.29, 1.82) is 0 Å². The first kappa shape index (κ1) is 38.6. The molecule has 5 aromatic heterocycles. The van der Waals surface area contributed by atoms with E-state index in [2.05, 4.69) is 261 Å². The summed E-state index contributed by atoms with van der Waals surface area (Å²) in [5.74, 6) is 1.38. The maximum Gasteiger partial charge on any atom is 0.237 e. The predicted octanol–water partition coefficient (Wildman–Crippen LogP) is 16.2. The summed E-state index contributed by atoms with van der Waals surface area (Å²) in [6, 6.07) is 87.2. The van der Waals surface area contributed by atoms with Gasteiger partial charge >= 0.3 is 0 Å². The monoisotopic (exact) mass is 892 g/mol. The molecule has 6 heteroatoms. The highest BCUT2D eigenvalue weighted by atomic mass is 15.2. The van der Waals surface area contributed by atoms with Crippen LogP contribution >= 0.6 is 0 Å². The third-order valence-corrected chi connectivity index (χ3v) is 14.4. The van der Waals surface area contributed by atoms with Gasteiger partial charge in [-0.15, -0.1) is 0 Å². The summed E-state index contributed by atoms with van der Waals surface area (Å²) >= 11 is 0. The molecular weight excluding hydrogens is 853 g/mol. The van der Waals surface area contributed by atoms with Crippen LogP contribution in [0.25, 0.3) is 133 Å². The maximum atomic E-state index is 5.72. The van der Waals surface area contributed by atoms with E-state index in [1.54, 1.807) is 0 Å². The van der Waals surface area contributed by atoms with Gasteiger partial charge in [0.1, 0.15) is 5.82 Å². The van der Waals surface area contributed by atoms with Crippen LogP contribution in [-0.2, 0) is 0 Å². The molecular formula is C64H40N6. The minimum atomic E-state index is 0.595. The van der Waals surface area contributed by atoms with Gasteiger partial charge in [-0.05, 0) is 83.9 Å². The third kappa shape index (κ3) is 5.68. The summed E-state index contributed by atoms with van der Waals surface area (Å²) in [6.45, 7) is 0. The zero-order valence-electron chi connectivity index (χ0n) is 37.8. The van der Waals surface area contributed by atoms with Crippen LogP contribution in [0.15, 0.2) is 243 Å². The van der Waals surface area contributed by atoms with Crippen LogP contribution in [-0.4, -0.2) is 28.2 Å². The van der Waals surface area contributed by atoms with Gasteiger partial charge in [0.05, 0.1) is 49.8 Å². The summed E-state index contributed by atoms with van der Waals surface area (Å²) in [7, 11) is 0. The van der Waals surface area contributed by atoms with Crippen LogP contribution in [0.3, 0.4) is 0 Å². The van der Waals surface area contributed by atoms with E-state index in [1.165, 1.54) is 43.5 Å². The molecule has 0 aliphatic rings. The largest absolute Gasteiger partial charge is 0.309 e. The Labute approximate surface area is 401 Å². The lowest BCUT2D eigenvalue weighted by Gasteiger charge is -2.14. The highest BCUT2D eigenvalue weighted by molar-refractivity contribution is 6.20. The van der Waals surface area contributed by atoms with Crippen molar-refractivity contribution in [3.05, 3.63) is 243 Å². The molecule has 0 fully saturated rings. The normalized spacial score (nSPS) is 12.0. The lowest BCUT2D eigenvalue weighted by molar-refractivity contribution is 0.952. The fourth-order valence-electron chi connectivity index (χ4n) is 11.3. The Balaban J connectivity index is 1.05. The summed E-state index contributed by atoms with van der Waals surface area (Å²) in [5, 5.41) is 9.47. The van der Waals surface area contributed by atoms with Crippen molar-refractivity contribution < 1.29 is 0 Å². The van der Waals surface area contributed by atoms with E-state index in [-0.39, 0.29) is 0 Å². The highest BCUT2D eigenvalue weighted by Gasteiger charge is 2.23. The molecule has 0 bridgehead atoms. The van der Waals surface area contributed by atoms with Crippen molar-refractivity contribution in [1.82, 2.24) is 28.2 Å². The Bertz CT molecular complexity index is 4310. The van der Waals surface area contributed by atoms with Crippen LogP contribution in [0.2, 0.25) is 0 Å². The number of aromatic nitrogens is 6. The third-order valence-electron chi connectivity index (χ3n) is 14.4. The maximum absolute atomic E-state index is 5.72. The van der Waals surface area contributed by atoms with Gasteiger partial charge < -0.3 is 9.13 Å². The summed E-state index contributed by atoms with van der Waals surface area (Å²) in [4.78, 5) is 11.3. The van der Waals surface area contributed by atoms with Crippen molar-refractivity contribution >= 4 is 87.2 Å². The number of hydrogen-bond donors (Lipinski definition) is 0. The van der Waals surface area contributed by atoms with Crippen molar-refractivity contribution in [2.24, 2.45) is 0 Å². The Kier molecular flexibility index (Phi) is 8.26. The molecule has 15 rings (SSSR count). The van der Waals surface area contributed by atoms with E-state index in [1.807, 2.05) is 0 Å². The van der Waals surface area contributed by atoms with Crippen LogP contribution < -0.4 is 0 Å². The molecule has 0 saturated heterocycles. The average molecular weight is 893 g/mol. The Morgan fingerprint density at radius 2 is 0.586 bits per heavy atom. The average Bonchev–Trinajstić information content (AvgIpc) is 4.14. The van der Waals surface area contributed by atoms with E-state index in [4.69, 9.17) is 9.97 Å². The second-order valence-electron chi connectivity index (χ2n) is 18.2. The van der Waals surface area contributed by atoms with Crippen molar-refractivity contribution in [3.63, 3.8) is 0 Å². The molecule has 0 aliphatic heterocycles. The molecule has 70 heavy (non-hydrogen) atoms. The molecule has 0 radical (unpaired) electrons. The molecule has 0 atom stereocenters. The minimum absolute atomic E-state index is 0.595. The Morgan fingerprint density at radius 1 is 0.229 bits per heavy atom. The molecule has 0 N–H and O–H groups in total. The van der Waals surface area contributed by atoms with Gasteiger partial charge in [0, 0.05) is 66.1 Å². The van der Waals surface area contributed by atoms with Crippen LogP contribution in [0.1, 0.15) is 0 Å². The van der Waals surface area contributed by atoms with Gasteiger partial charge in [-0.1, -0.05) is 164 Å². The van der Waals surface area contributed by atoms with E-state index in [0.717, 1.165) is 83.3 Å². The zero-order chi connectivity index (χ0) is 45.9. The lowest BCUT2D eigenvalue weighted by atomic mass is 10.0. The number of benzene rings is 10. The second-order valence-corrected chi connectivity index (χ2v) is 18.2. The standard InChI is InChI=1S/C64H40N6/c1-4-18-41(19-5-1)42-32-34-43(35-33-42)54-38-63(69-57-30-16-12-26-48(57)52-36-50-46-24-10-14-28-55(46)67(59(50)39-61(52)69)44-20-6-2-7-21-44)66-64(65-54)70-58-31-17-13-27-49(58)53-37-51-47-25-11-15-29-56(47)68(60(51)40-62(53)70)45-22-8-3-9-23-45/h1-40H. The number of rotatable bonds is 6. The Hall–Kier alpha value is -9.52. The van der Waals surface area contributed by atoms with E-state index < -0.39 is 0 Å². The SMILES string of the molecule is c1ccc(-c2ccc(-c3cc(-n4c5ccccc5c5cc6c7ccccc7n(-c7ccccc7)c6cc54)nc(-n4c5ccccc5c5cc6c7ccccc7n(-c7ccccc7)c6cc54)n3)cc2)cc1. The van der Waals surface area contributed by atoms with Gasteiger partial charge in [-0.2, -0.15) is 4.98 Å². The van der Waals surface area contributed by atoms with E-state index in [9.17, 15) is 0 Å². The first-order valence-electron chi connectivity index (χ1n) is 23.8. The number of fused-ring (bicyclic) bond motifs is 12. The second kappa shape index (κ2) is 15.0. The summed E-state index contributed by atoms with van der Waals surface area (Å²) in [5.41, 5.74) is 15.2. The first-order valence-corrected chi connectivity index (χ1v) is 23.8. The van der Waals surface area contributed by atoms with Crippen LogP contribution in [0.4, 0.5) is 0 Å². The van der Waals surface area contributed by atoms with Gasteiger partial charge in [0.2, 0.25) is 5.95 Å². The van der Waals surface area contributed by atoms with Crippen molar-refractivity contribution in [2.45, 2.75) is 0 Å². The topological polar surface area (TPSA) is 45.5 Å². The molecule has 0 spiro atoms. The van der Waals surface area contributed by atoms with Gasteiger partial charge in [-0.3, -0.25) is 9.13 Å². The van der Waals surface area contributed by atoms with E-state index in [0.29, 0.717) is 5.95 Å². The number of hydrogen-bond acceptors (Lipinski definition) is 2. The molecule has 0 saturated carbocycles. The molecule has 0 aliphatic carbocycles. The number of para-hydroxylation sites is 6. The minimum Gasteiger partial charge on any atom is -0.309 e.